The summed E-state index contributed by atoms with van der Waals surface area (Å²) in [4.78, 5) is 41.7. The van der Waals surface area contributed by atoms with Gasteiger partial charge in [0.2, 0.25) is 0 Å². The lowest BCUT2D eigenvalue weighted by Crippen LogP contribution is -2.44. The van der Waals surface area contributed by atoms with Gasteiger partial charge in [-0.15, -0.1) is 0 Å². The van der Waals surface area contributed by atoms with Crippen LogP contribution in [0, 0.1) is 5.82 Å². The number of carbonyl (C=O) groups is 2. The lowest BCUT2D eigenvalue weighted by molar-refractivity contribution is -0.149. The molecule has 0 aliphatic rings. The summed E-state index contributed by atoms with van der Waals surface area (Å²) >= 11 is 5.99. The lowest BCUT2D eigenvalue weighted by Gasteiger charge is -2.30. The van der Waals surface area contributed by atoms with Gasteiger partial charge in [0.05, 0.1) is 35.6 Å². The number of hydrogen-bond donors (Lipinski definition) is 3. The summed E-state index contributed by atoms with van der Waals surface area (Å²) in [6, 6.07) is 10.2. The predicted molar refractivity (Wildman–Crippen MR) is 177 cm³/mol. The Labute approximate surface area is 294 Å². The average Bonchev–Trinajstić information content (AvgIpc) is 3.44. The Morgan fingerprint density at radius 1 is 1.02 bits per heavy atom. The van der Waals surface area contributed by atoms with Crippen molar-refractivity contribution in [2.45, 2.75) is 64.4 Å². The van der Waals surface area contributed by atoms with Crippen molar-refractivity contribution >= 4 is 23.6 Å². The second-order valence-corrected chi connectivity index (χ2v) is 13.2. The number of H-pyrrole nitrogens is 1. The van der Waals surface area contributed by atoms with E-state index in [1.54, 1.807) is 34.6 Å². The first-order valence-electron chi connectivity index (χ1n) is 15.4. The van der Waals surface area contributed by atoms with Gasteiger partial charge in [-0.25, -0.2) is 19.1 Å². The van der Waals surface area contributed by atoms with E-state index in [1.807, 2.05) is 0 Å². The fourth-order valence-electron chi connectivity index (χ4n) is 4.74. The minimum absolute atomic E-state index is 0.0100. The number of halogens is 5. The van der Waals surface area contributed by atoms with Crippen molar-refractivity contribution in [2.75, 3.05) is 20.3 Å². The fraction of sp³-hybridized carbons (Fsp3) is 0.394. The molecule has 0 saturated heterocycles. The molecule has 4 rings (SSSR count). The number of hydrogen-bond acceptors (Lipinski definition) is 9. The van der Waals surface area contributed by atoms with Crippen LogP contribution in [0.4, 0.5) is 22.4 Å². The number of alkyl carbamates (subject to hydrolysis) is 1. The first kappa shape index (κ1) is 38.6. The molecule has 13 nitrogen and oxygen atoms in total. The predicted octanol–water partition coefficient (Wildman–Crippen LogP) is 5.74. The number of nitrogens with zero attached hydrogens (tertiary/aromatic N) is 4. The molecule has 0 radical (unpaired) electrons. The molecular weight excluding hydrogens is 702 g/mol. The minimum Gasteiger partial charge on any atom is -0.493 e. The Balaban J connectivity index is 1.62. The number of benzene rings is 2. The van der Waals surface area contributed by atoms with E-state index < -0.39 is 59.0 Å². The molecule has 18 heteroatoms. The summed E-state index contributed by atoms with van der Waals surface area (Å²) in [5.74, 6) is -3.59. The van der Waals surface area contributed by atoms with E-state index >= 15 is 0 Å². The molecule has 0 aliphatic carbocycles. The number of carbonyl (C=O) groups excluding carboxylic acids is 2. The number of pyridine rings is 1. The fourth-order valence-corrected chi connectivity index (χ4v) is 4.92. The summed E-state index contributed by atoms with van der Waals surface area (Å²) in [5, 5.41) is 13.8. The van der Waals surface area contributed by atoms with Gasteiger partial charge >= 0.3 is 18.0 Å². The molecule has 0 spiro atoms. The SMILES string of the molecule is COc1cc(C(=O)NCC(c2cc(C(C)(C)NC(=O)OC(C)(C)C)cc(-c3ccc(F)c(Cl)c3)n2)C(F)(F)F)ccc1OCCn1nn[nH]c1=O. The van der Waals surface area contributed by atoms with Crippen LogP contribution in [0.3, 0.4) is 0 Å². The number of amides is 2. The zero-order valence-electron chi connectivity index (χ0n) is 28.4. The third-order valence-electron chi connectivity index (χ3n) is 7.33. The molecule has 2 aromatic heterocycles. The van der Waals surface area contributed by atoms with Crippen molar-refractivity contribution in [3.8, 4) is 22.8 Å². The first-order valence-corrected chi connectivity index (χ1v) is 15.8. The zero-order valence-corrected chi connectivity index (χ0v) is 29.2. The van der Waals surface area contributed by atoms with Gasteiger partial charge in [-0.3, -0.25) is 9.78 Å². The number of tetrazole rings is 1. The highest BCUT2D eigenvalue weighted by Crippen LogP contribution is 2.37. The van der Waals surface area contributed by atoms with Gasteiger partial charge in [-0.1, -0.05) is 11.6 Å². The maximum absolute atomic E-state index is 14.7. The van der Waals surface area contributed by atoms with Crippen LogP contribution in [-0.4, -0.2) is 69.2 Å². The van der Waals surface area contributed by atoms with Crippen molar-refractivity contribution in [3.63, 3.8) is 0 Å². The smallest absolute Gasteiger partial charge is 0.408 e. The van der Waals surface area contributed by atoms with Crippen molar-refractivity contribution in [3.05, 3.63) is 86.7 Å². The van der Waals surface area contributed by atoms with Crippen molar-refractivity contribution in [2.24, 2.45) is 0 Å². The number of aromatic amines is 1. The highest BCUT2D eigenvalue weighted by atomic mass is 35.5. The van der Waals surface area contributed by atoms with Gasteiger partial charge in [0.15, 0.2) is 11.5 Å². The summed E-state index contributed by atoms with van der Waals surface area (Å²) in [7, 11) is 1.31. The Bertz CT molecular complexity index is 1940. The van der Waals surface area contributed by atoms with Gasteiger partial charge in [0, 0.05) is 17.7 Å². The standard InChI is InChI=1S/C33H36ClF4N7O6/c1-31(2,3)51-30(48)41-32(4,5)20-15-24(18-7-9-23(35)22(34)13-18)40-25(16-20)21(33(36,37)38)17-39-28(46)19-8-10-26(27(14-19)49-6)50-12-11-45-29(47)42-43-44-45/h7-10,13-16,21H,11-12,17H2,1-6H3,(H,39,46)(H,41,48)(H,42,44,47). The van der Waals surface area contributed by atoms with E-state index in [2.05, 4.69) is 31.1 Å². The number of alkyl halides is 3. The van der Waals surface area contributed by atoms with Gasteiger partial charge in [0.1, 0.15) is 23.9 Å². The summed E-state index contributed by atoms with van der Waals surface area (Å²) in [6.45, 7) is 7.24. The minimum atomic E-state index is -4.90. The molecular formula is C33H36ClF4N7O6. The number of aromatic nitrogens is 5. The highest BCUT2D eigenvalue weighted by molar-refractivity contribution is 6.31. The maximum atomic E-state index is 14.7. The van der Waals surface area contributed by atoms with E-state index in [4.69, 9.17) is 25.8 Å². The van der Waals surface area contributed by atoms with E-state index in [0.29, 0.717) is 0 Å². The van der Waals surface area contributed by atoms with Crippen LogP contribution in [0.15, 0.2) is 53.3 Å². The third-order valence-corrected chi connectivity index (χ3v) is 7.62. The lowest BCUT2D eigenvalue weighted by atomic mass is 9.90. The highest BCUT2D eigenvalue weighted by Gasteiger charge is 2.43. The first-order chi connectivity index (χ1) is 23.8. The molecule has 51 heavy (non-hydrogen) atoms. The molecule has 2 amide bonds. The van der Waals surface area contributed by atoms with Gasteiger partial charge in [-0.2, -0.15) is 17.9 Å². The van der Waals surface area contributed by atoms with Gasteiger partial charge in [-0.05, 0) is 99.1 Å². The van der Waals surface area contributed by atoms with E-state index in [9.17, 15) is 31.9 Å². The topological polar surface area (TPSA) is 162 Å². The number of nitrogens with one attached hydrogen (secondary N) is 3. The van der Waals surface area contributed by atoms with Crippen molar-refractivity contribution < 1.29 is 41.4 Å². The average molecular weight is 738 g/mol. The molecule has 0 saturated carbocycles. The Hall–Kier alpha value is -5.19. The summed E-state index contributed by atoms with van der Waals surface area (Å²) in [6.07, 6.45) is -5.71. The Morgan fingerprint density at radius 3 is 2.35 bits per heavy atom. The van der Waals surface area contributed by atoms with Crippen LogP contribution >= 0.6 is 11.6 Å². The number of methoxy groups -OCH3 is 1. The monoisotopic (exact) mass is 737 g/mol. The van der Waals surface area contributed by atoms with Crippen LogP contribution < -0.4 is 25.8 Å². The number of rotatable bonds is 12. The van der Waals surface area contributed by atoms with E-state index in [0.717, 1.165) is 10.7 Å². The molecule has 0 fully saturated rings. The second kappa shape index (κ2) is 15.4. The second-order valence-electron chi connectivity index (χ2n) is 12.8. The van der Waals surface area contributed by atoms with Gasteiger partial charge < -0.3 is 24.8 Å². The molecule has 2 heterocycles. The molecule has 1 atom stereocenters. The molecule has 2 aromatic carbocycles. The van der Waals surface area contributed by atoms with Crippen molar-refractivity contribution in [1.29, 1.82) is 0 Å². The van der Waals surface area contributed by atoms with Crippen LogP contribution in [-0.2, 0) is 16.8 Å². The molecule has 3 N–H and O–H groups in total. The van der Waals surface area contributed by atoms with E-state index in [1.165, 1.54) is 49.6 Å². The zero-order chi connectivity index (χ0) is 37.7. The molecule has 274 valence electrons. The molecule has 0 aliphatic heterocycles. The Kier molecular flexibility index (Phi) is 11.6. The third kappa shape index (κ3) is 10.2. The Morgan fingerprint density at radius 2 is 1.75 bits per heavy atom. The van der Waals surface area contributed by atoms with Gasteiger partial charge in [0.25, 0.3) is 5.91 Å². The summed E-state index contributed by atoms with van der Waals surface area (Å²) in [5.41, 5.74) is -2.75. The van der Waals surface area contributed by atoms with Crippen LogP contribution in [0.2, 0.25) is 5.02 Å². The van der Waals surface area contributed by atoms with Crippen LogP contribution in [0.5, 0.6) is 11.5 Å². The molecule has 4 aromatic rings. The largest absolute Gasteiger partial charge is 0.493 e. The van der Waals surface area contributed by atoms with Crippen LogP contribution in [0.25, 0.3) is 11.3 Å². The van der Waals surface area contributed by atoms with Crippen LogP contribution in [0.1, 0.15) is 62.2 Å². The molecule has 1 unspecified atom stereocenters. The summed E-state index contributed by atoms with van der Waals surface area (Å²) < 4.78 is 75.5. The molecule has 0 bridgehead atoms. The quantitative estimate of drug-likeness (QED) is 0.154. The van der Waals surface area contributed by atoms with E-state index in [-0.39, 0.29) is 52.1 Å². The van der Waals surface area contributed by atoms with Crippen molar-refractivity contribution in [1.82, 2.24) is 35.8 Å². The normalized spacial score (nSPS) is 12.6. The number of ether oxygens (including phenoxy) is 3. The maximum Gasteiger partial charge on any atom is 0.408 e.